The van der Waals surface area contributed by atoms with Crippen molar-refractivity contribution in [2.45, 2.75) is 33.4 Å². The summed E-state index contributed by atoms with van der Waals surface area (Å²) in [6, 6.07) is 15.9. The van der Waals surface area contributed by atoms with Gasteiger partial charge in [0.2, 0.25) is 0 Å². The molecule has 22 heavy (non-hydrogen) atoms. The number of nitrogens with zero attached hydrogens (tertiary/aromatic N) is 1. The van der Waals surface area contributed by atoms with Crippen LogP contribution in [0.5, 0.6) is 0 Å². The predicted octanol–water partition coefficient (Wildman–Crippen LogP) is 5.20. The summed E-state index contributed by atoms with van der Waals surface area (Å²) in [5.74, 6) is 0. The second kappa shape index (κ2) is 7.45. The highest BCUT2D eigenvalue weighted by atomic mass is 79.9. The molecular weight excluding hydrogens is 340 g/mol. The van der Waals surface area contributed by atoms with Crippen molar-refractivity contribution in [3.63, 3.8) is 0 Å². The lowest BCUT2D eigenvalue weighted by Crippen LogP contribution is -2.39. The summed E-state index contributed by atoms with van der Waals surface area (Å²) in [4.78, 5) is 14.4. The van der Waals surface area contributed by atoms with Crippen molar-refractivity contribution in [1.29, 1.82) is 0 Å². The first kappa shape index (κ1) is 16.6. The van der Waals surface area contributed by atoms with E-state index in [0.29, 0.717) is 6.54 Å². The second-order valence-corrected chi connectivity index (χ2v) is 6.46. The van der Waals surface area contributed by atoms with Gasteiger partial charge in [-0.2, -0.15) is 0 Å². The van der Waals surface area contributed by atoms with E-state index in [2.05, 4.69) is 21.2 Å². The Labute approximate surface area is 140 Å². The van der Waals surface area contributed by atoms with Crippen LogP contribution in [0.1, 0.15) is 25.0 Å². The molecule has 2 rings (SSSR count). The van der Waals surface area contributed by atoms with Crippen LogP contribution < -0.4 is 5.32 Å². The summed E-state index contributed by atoms with van der Waals surface area (Å²) >= 11 is 3.47. The summed E-state index contributed by atoms with van der Waals surface area (Å²) in [6.45, 7) is 6.65. The molecule has 0 aromatic heterocycles. The van der Waals surface area contributed by atoms with Gasteiger partial charge in [-0.05, 0) is 50.1 Å². The van der Waals surface area contributed by atoms with E-state index in [4.69, 9.17) is 0 Å². The minimum atomic E-state index is -0.0828. The molecule has 1 N–H and O–H groups in total. The number of hydrogen-bond donors (Lipinski definition) is 1. The Kier molecular flexibility index (Phi) is 5.61. The number of carbonyl (C=O) groups is 1. The lowest BCUT2D eigenvalue weighted by Gasteiger charge is -2.27. The lowest BCUT2D eigenvalue weighted by molar-refractivity contribution is 0.193. The Morgan fingerprint density at radius 1 is 1.18 bits per heavy atom. The van der Waals surface area contributed by atoms with Crippen molar-refractivity contribution >= 4 is 27.6 Å². The van der Waals surface area contributed by atoms with Crippen molar-refractivity contribution in [2.75, 3.05) is 5.32 Å². The number of anilines is 1. The molecule has 0 aliphatic heterocycles. The number of urea groups is 1. The van der Waals surface area contributed by atoms with Gasteiger partial charge in [-0.25, -0.2) is 4.79 Å². The Morgan fingerprint density at radius 2 is 1.86 bits per heavy atom. The lowest BCUT2D eigenvalue weighted by atomic mass is 10.2. The summed E-state index contributed by atoms with van der Waals surface area (Å²) in [6.07, 6.45) is 0. The number of carbonyl (C=O) groups excluding carboxylic acids is 1. The number of aryl methyl sites for hydroxylation is 1. The van der Waals surface area contributed by atoms with Crippen LogP contribution in [0.4, 0.5) is 10.5 Å². The van der Waals surface area contributed by atoms with Gasteiger partial charge in [0.25, 0.3) is 0 Å². The minimum absolute atomic E-state index is 0.0828. The van der Waals surface area contributed by atoms with E-state index in [1.54, 1.807) is 0 Å². The van der Waals surface area contributed by atoms with Gasteiger partial charge >= 0.3 is 6.03 Å². The first-order valence-electron chi connectivity index (χ1n) is 7.35. The highest BCUT2D eigenvalue weighted by Crippen LogP contribution is 2.20. The molecular formula is C18H21BrN2O. The van der Waals surface area contributed by atoms with Gasteiger partial charge in [-0.3, -0.25) is 0 Å². The van der Waals surface area contributed by atoms with Crippen LogP contribution in [0, 0.1) is 6.92 Å². The normalized spacial score (nSPS) is 10.6. The molecule has 0 aliphatic rings. The molecule has 0 radical (unpaired) electrons. The maximum Gasteiger partial charge on any atom is 0.322 e. The fourth-order valence-electron chi connectivity index (χ4n) is 2.19. The molecule has 116 valence electrons. The van der Waals surface area contributed by atoms with Gasteiger partial charge < -0.3 is 10.2 Å². The van der Waals surface area contributed by atoms with Crippen LogP contribution in [0.2, 0.25) is 0 Å². The first-order chi connectivity index (χ1) is 10.5. The molecule has 2 aromatic carbocycles. The highest BCUT2D eigenvalue weighted by molar-refractivity contribution is 9.10. The number of amides is 2. The molecule has 0 heterocycles. The third kappa shape index (κ3) is 4.34. The van der Waals surface area contributed by atoms with Crippen molar-refractivity contribution in [3.8, 4) is 0 Å². The Bertz CT molecular complexity index is 641. The molecule has 0 saturated carbocycles. The number of rotatable bonds is 4. The standard InChI is InChI=1S/C18H21BrN2O/c1-13(2)21(12-15-7-5-4-6-8-15)18(22)20-16-9-10-17(19)14(3)11-16/h4-11,13H,12H2,1-3H3,(H,20,22). The molecule has 0 bridgehead atoms. The number of nitrogens with one attached hydrogen (secondary N) is 1. The van der Waals surface area contributed by atoms with Crippen molar-refractivity contribution < 1.29 is 4.79 Å². The van der Waals surface area contributed by atoms with E-state index in [9.17, 15) is 4.79 Å². The van der Waals surface area contributed by atoms with Gasteiger partial charge in [0, 0.05) is 22.7 Å². The van der Waals surface area contributed by atoms with Gasteiger partial charge in [0.05, 0.1) is 0 Å². The molecule has 0 saturated heterocycles. The van der Waals surface area contributed by atoms with E-state index >= 15 is 0 Å². The zero-order valence-electron chi connectivity index (χ0n) is 13.1. The average molecular weight is 361 g/mol. The van der Waals surface area contributed by atoms with E-state index in [1.165, 1.54) is 0 Å². The fourth-order valence-corrected chi connectivity index (χ4v) is 2.43. The van der Waals surface area contributed by atoms with Crippen LogP contribution in [-0.2, 0) is 6.54 Å². The Morgan fingerprint density at radius 3 is 2.45 bits per heavy atom. The average Bonchev–Trinajstić information content (AvgIpc) is 2.49. The third-order valence-electron chi connectivity index (χ3n) is 3.49. The van der Waals surface area contributed by atoms with Crippen LogP contribution >= 0.6 is 15.9 Å². The van der Waals surface area contributed by atoms with Gasteiger partial charge in [-0.1, -0.05) is 46.3 Å². The highest BCUT2D eigenvalue weighted by Gasteiger charge is 2.17. The maximum absolute atomic E-state index is 12.6. The van der Waals surface area contributed by atoms with Gasteiger partial charge in [-0.15, -0.1) is 0 Å². The van der Waals surface area contributed by atoms with Crippen LogP contribution in [0.3, 0.4) is 0 Å². The molecule has 0 aliphatic carbocycles. The van der Waals surface area contributed by atoms with Crippen molar-refractivity contribution in [1.82, 2.24) is 4.90 Å². The first-order valence-corrected chi connectivity index (χ1v) is 8.14. The summed E-state index contributed by atoms with van der Waals surface area (Å²) in [5.41, 5.74) is 3.03. The number of halogens is 1. The zero-order valence-corrected chi connectivity index (χ0v) is 14.7. The number of benzene rings is 2. The predicted molar refractivity (Wildman–Crippen MR) is 95.0 cm³/mol. The van der Waals surface area contributed by atoms with E-state index in [0.717, 1.165) is 21.3 Å². The SMILES string of the molecule is Cc1cc(NC(=O)N(Cc2ccccc2)C(C)C)ccc1Br. The molecule has 0 spiro atoms. The van der Waals surface area contributed by atoms with E-state index in [-0.39, 0.29) is 12.1 Å². The molecule has 4 heteroatoms. The molecule has 2 aromatic rings. The maximum atomic E-state index is 12.6. The van der Waals surface area contributed by atoms with Crippen LogP contribution in [-0.4, -0.2) is 17.0 Å². The van der Waals surface area contributed by atoms with E-state index in [1.807, 2.05) is 74.2 Å². The van der Waals surface area contributed by atoms with Gasteiger partial charge in [0.15, 0.2) is 0 Å². The second-order valence-electron chi connectivity index (χ2n) is 5.60. The third-order valence-corrected chi connectivity index (χ3v) is 4.38. The quantitative estimate of drug-likeness (QED) is 0.798. The van der Waals surface area contributed by atoms with Gasteiger partial charge in [0.1, 0.15) is 0 Å². The zero-order chi connectivity index (χ0) is 16.1. The molecule has 2 amide bonds. The summed E-state index contributed by atoms with van der Waals surface area (Å²) in [7, 11) is 0. The molecule has 3 nitrogen and oxygen atoms in total. The molecule has 0 fully saturated rings. The van der Waals surface area contributed by atoms with Crippen molar-refractivity contribution in [3.05, 3.63) is 64.1 Å². The largest absolute Gasteiger partial charge is 0.322 e. The molecule has 0 atom stereocenters. The fraction of sp³-hybridized carbons (Fsp3) is 0.278. The van der Waals surface area contributed by atoms with Crippen LogP contribution in [0.15, 0.2) is 53.0 Å². The summed E-state index contributed by atoms with van der Waals surface area (Å²) in [5, 5.41) is 2.98. The van der Waals surface area contributed by atoms with Crippen LogP contribution in [0.25, 0.3) is 0 Å². The topological polar surface area (TPSA) is 32.3 Å². The Balaban J connectivity index is 2.11. The Hall–Kier alpha value is -1.81. The monoisotopic (exact) mass is 360 g/mol. The summed E-state index contributed by atoms with van der Waals surface area (Å²) < 4.78 is 1.04. The van der Waals surface area contributed by atoms with Crippen molar-refractivity contribution in [2.24, 2.45) is 0 Å². The van der Waals surface area contributed by atoms with E-state index < -0.39 is 0 Å². The minimum Gasteiger partial charge on any atom is -0.318 e. The smallest absolute Gasteiger partial charge is 0.318 e. The number of hydrogen-bond acceptors (Lipinski definition) is 1. The molecule has 0 unspecified atom stereocenters.